The van der Waals surface area contributed by atoms with Gasteiger partial charge < -0.3 is 20.0 Å². The van der Waals surface area contributed by atoms with E-state index in [1.54, 1.807) is 0 Å². The summed E-state index contributed by atoms with van der Waals surface area (Å²) in [4.78, 5) is 21.3. The lowest BCUT2D eigenvalue weighted by Crippen LogP contribution is -2.50. The highest BCUT2D eigenvalue weighted by molar-refractivity contribution is 5.79. The topological polar surface area (TPSA) is 75.6 Å². The van der Waals surface area contributed by atoms with E-state index in [1.807, 2.05) is 30.0 Å². The van der Waals surface area contributed by atoms with Crippen molar-refractivity contribution in [2.75, 3.05) is 31.1 Å². The Hall–Kier alpha value is -2.08. The summed E-state index contributed by atoms with van der Waals surface area (Å²) >= 11 is 0. The largest absolute Gasteiger partial charge is 0.423 e. The van der Waals surface area contributed by atoms with Crippen LogP contribution in [0.15, 0.2) is 22.6 Å². The molecule has 0 spiro atoms. The minimum atomic E-state index is 0.124. The highest BCUT2D eigenvalue weighted by Crippen LogP contribution is 2.27. The predicted molar refractivity (Wildman–Crippen MR) is 92.9 cm³/mol. The molecule has 1 aliphatic carbocycles. The lowest BCUT2D eigenvalue weighted by Gasteiger charge is -2.35. The SMILES string of the molecule is Cc1ccc2oc(N3CCN(C(=O)C4CCC(N)C4)CC3)nc2c1. The van der Waals surface area contributed by atoms with E-state index < -0.39 is 0 Å². The van der Waals surface area contributed by atoms with E-state index in [0.717, 1.165) is 56.5 Å². The number of fused-ring (bicyclic) bond motifs is 1. The third kappa shape index (κ3) is 2.86. The van der Waals surface area contributed by atoms with E-state index in [1.165, 1.54) is 5.56 Å². The van der Waals surface area contributed by atoms with E-state index in [0.29, 0.717) is 6.01 Å². The number of nitrogens with zero attached hydrogens (tertiary/aromatic N) is 3. The van der Waals surface area contributed by atoms with Crippen molar-refractivity contribution in [1.29, 1.82) is 0 Å². The van der Waals surface area contributed by atoms with Gasteiger partial charge in [-0.15, -0.1) is 0 Å². The first kappa shape index (κ1) is 15.4. The Morgan fingerprint density at radius 3 is 2.75 bits per heavy atom. The smallest absolute Gasteiger partial charge is 0.298 e. The molecule has 0 bridgehead atoms. The number of piperazine rings is 1. The fraction of sp³-hybridized carbons (Fsp3) is 0.556. The summed E-state index contributed by atoms with van der Waals surface area (Å²) in [5.74, 6) is 0.398. The van der Waals surface area contributed by atoms with E-state index in [2.05, 4.69) is 9.88 Å². The average Bonchev–Trinajstić information content (AvgIpc) is 3.20. The van der Waals surface area contributed by atoms with Crippen molar-refractivity contribution in [1.82, 2.24) is 9.88 Å². The van der Waals surface area contributed by atoms with Gasteiger partial charge in [0.05, 0.1) is 0 Å². The number of rotatable bonds is 2. The van der Waals surface area contributed by atoms with Gasteiger partial charge in [0.1, 0.15) is 5.52 Å². The van der Waals surface area contributed by atoms with Gasteiger partial charge in [-0.2, -0.15) is 4.98 Å². The number of anilines is 1. The maximum atomic E-state index is 12.6. The quantitative estimate of drug-likeness (QED) is 0.911. The number of aromatic nitrogens is 1. The molecule has 2 aliphatic rings. The van der Waals surface area contributed by atoms with Gasteiger partial charge in [0.2, 0.25) is 5.91 Å². The molecular weight excluding hydrogens is 304 g/mol. The molecule has 1 saturated heterocycles. The van der Waals surface area contributed by atoms with Crippen LogP contribution in [0.25, 0.3) is 11.1 Å². The summed E-state index contributed by atoms with van der Waals surface area (Å²) in [6, 6.07) is 6.88. The van der Waals surface area contributed by atoms with E-state index in [-0.39, 0.29) is 17.9 Å². The molecule has 0 radical (unpaired) electrons. The second-order valence-electron chi connectivity index (χ2n) is 7.05. The molecule has 128 valence electrons. The van der Waals surface area contributed by atoms with Crippen LogP contribution in [-0.4, -0.2) is 48.0 Å². The van der Waals surface area contributed by atoms with Crippen molar-refractivity contribution in [2.24, 2.45) is 11.7 Å². The van der Waals surface area contributed by atoms with Gasteiger partial charge in [0.25, 0.3) is 6.01 Å². The van der Waals surface area contributed by atoms with Crippen molar-refractivity contribution < 1.29 is 9.21 Å². The zero-order valence-corrected chi connectivity index (χ0v) is 14.1. The number of hydrogen-bond donors (Lipinski definition) is 1. The zero-order valence-electron chi connectivity index (χ0n) is 14.1. The van der Waals surface area contributed by atoms with Crippen LogP contribution in [0.1, 0.15) is 24.8 Å². The van der Waals surface area contributed by atoms with Crippen LogP contribution in [-0.2, 0) is 4.79 Å². The number of carbonyl (C=O) groups is 1. The van der Waals surface area contributed by atoms with Gasteiger partial charge in [-0.3, -0.25) is 4.79 Å². The number of amides is 1. The summed E-state index contributed by atoms with van der Waals surface area (Å²) in [6.45, 7) is 5.02. The normalized spacial score (nSPS) is 24.8. The van der Waals surface area contributed by atoms with Gasteiger partial charge in [-0.1, -0.05) is 6.07 Å². The molecule has 24 heavy (non-hydrogen) atoms. The molecule has 2 fully saturated rings. The molecule has 1 amide bonds. The first-order valence-corrected chi connectivity index (χ1v) is 8.76. The minimum Gasteiger partial charge on any atom is -0.423 e. The van der Waals surface area contributed by atoms with Crippen LogP contribution in [0.3, 0.4) is 0 Å². The van der Waals surface area contributed by atoms with Crippen LogP contribution < -0.4 is 10.6 Å². The predicted octanol–water partition coefficient (Wildman–Crippen LogP) is 1.91. The Balaban J connectivity index is 1.40. The molecule has 6 nitrogen and oxygen atoms in total. The summed E-state index contributed by atoms with van der Waals surface area (Å²) in [6.07, 6.45) is 2.74. The summed E-state index contributed by atoms with van der Waals surface area (Å²) in [5.41, 5.74) is 8.82. The lowest BCUT2D eigenvalue weighted by atomic mass is 10.1. The third-order valence-electron chi connectivity index (χ3n) is 5.22. The van der Waals surface area contributed by atoms with E-state index >= 15 is 0 Å². The monoisotopic (exact) mass is 328 g/mol. The Morgan fingerprint density at radius 1 is 1.25 bits per heavy atom. The molecule has 2 heterocycles. The molecule has 1 aromatic heterocycles. The number of oxazole rings is 1. The average molecular weight is 328 g/mol. The fourth-order valence-corrected chi connectivity index (χ4v) is 3.78. The standard InChI is InChI=1S/C18H24N4O2/c1-12-2-5-16-15(10-12)20-18(24-16)22-8-6-21(7-9-22)17(23)13-3-4-14(19)11-13/h2,5,10,13-14H,3-4,6-9,11,19H2,1H3. The zero-order chi connectivity index (χ0) is 16.7. The van der Waals surface area contributed by atoms with Crippen molar-refractivity contribution in [2.45, 2.75) is 32.2 Å². The van der Waals surface area contributed by atoms with Crippen molar-refractivity contribution in [3.8, 4) is 0 Å². The molecule has 2 N–H and O–H groups in total. The van der Waals surface area contributed by atoms with Gasteiger partial charge in [0.15, 0.2) is 5.58 Å². The maximum absolute atomic E-state index is 12.6. The number of carbonyl (C=O) groups excluding carboxylic acids is 1. The Labute approximate surface area is 141 Å². The minimum absolute atomic E-state index is 0.124. The molecule has 6 heteroatoms. The lowest BCUT2D eigenvalue weighted by molar-refractivity contribution is -0.135. The highest BCUT2D eigenvalue weighted by Gasteiger charge is 2.33. The third-order valence-corrected chi connectivity index (χ3v) is 5.22. The van der Waals surface area contributed by atoms with Gasteiger partial charge in [-0.05, 0) is 43.9 Å². The highest BCUT2D eigenvalue weighted by atomic mass is 16.4. The number of hydrogen-bond acceptors (Lipinski definition) is 5. The second-order valence-corrected chi connectivity index (χ2v) is 7.05. The molecule has 4 rings (SSSR count). The molecule has 2 atom stereocenters. The molecule has 1 saturated carbocycles. The number of nitrogens with two attached hydrogens (primary N) is 1. The van der Waals surface area contributed by atoms with E-state index in [9.17, 15) is 4.79 Å². The molecule has 2 unspecified atom stereocenters. The van der Waals surface area contributed by atoms with Crippen molar-refractivity contribution >= 4 is 23.0 Å². The summed E-state index contributed by atoms with van der Waals surface area (Å²) in [7, 11) is 0. The first-order valence-electron chi connectivity index (χ1n) is 8.76. The van der Waals surface area contributed by atoms with Gasteiger partial charge in [0, 0.05) is 38.1 Å². The second kappa shape index (κ2) is 6.09. The van der Waals surface area contributed by atoms with Crippen LogP contribution in [0.2, 0.25) is 0 Å². The molecule has 2 aromatic rings. The molecule has 1 aromatic carbocycles. The number of aryl methyl sites for hydroxylation is 1. The van der Waals surface area contributed by atoms with Crippen molar-refractivity contribution in [3.05, 3.63) is 23.8 Å². The fourth-order valence-electron chi connectivity index (χ4n) is 3.78. The van der Waals surface area contributed by atoms with Gasteiger partial charge >= 0.3 is 0 Å². The van der Waals surface area contributed by atoms with Crippen LogP contribution in [0, 0.1) is 12.8 Å². The molecule has 1 aliphatic heterocycles. The Bertz CT molecular complexity index is 749. The van der Waals surface area contributed by atoms with Crippen LogP contribution in [0.4, 0.5) is 6.01 Å². The Kier molecular flexibility index (Phi) is 3.92. The molecular formula is C18H24N4O2. The van der Waals surface area contributed by atoms with Crippen LogP contribution in [0.5, 0.6) is 0 Å². The Morgan fingerprint density at radius 2 is 2.04 bits per heavy atom. The van der Waals surface area contributed by atoms with Gasteiger partial charge in [-0.25, -0.2) is 0 Å². The summed E-state index contributed by atoms with van der Waals surface area (Å²) < 4.78 is 5.87. The maximum Gasteiger partial charge on any atom is 0.298 e. The van der Waals surface area contributed by atoms with Crippen LogP contribution >= 0.6 is 0 Å². The first-order chi connectivity index (χ1) is 11.6. The summed E-state index contributed by atoms with van der Waals surface area (Å²) in [5, 5.41) is 0. The van der Waals surface area contributed by atoms with E-state index in [4.69, 9.17) is 10.2 Å². The van der Waals surface area contributed by atoms with Crippen molar-refractivity contribution in [3.63, 3.8) is 0 Å². The number of benzene rings is 1.